The van der Waals surface area contributed by atoms with Crippen molar-refractivity contribution in [3.8, 4) is 0 Å². The fourth-order valence-electron chi connectivity index (χ4n) is 1.62. The van der Waals surface area contributed by atoms with Crippen LogP contribution in [-0.2, 0) is 4.74 Å². The van der Waals surface area contributed by atoms with E-state index in [0.717, 1.165) is 19.6 Å². The van der Waals surface area contributed by atoms with Crippen molar-refractivity contribution in [1.82, 2.24) is 5.32 Å². The van der Waals surface area contributed by atoms with E-state index in [1.165, 1.54) is 32.1 Å². The molecule has 1 unspecified atom stereocenters. The van der Waals surface area contributed by atoms with Crippen LogP contribution >= 0.6 is 0 Å². The normalized spacial score (nSPS) is 13.1. The fraction of sp³-hybridized carbons (Fsp3) is 1.00. The quantitative estimate of drug-likeness (QED) is 0.549. The Morgan fingerprint density at radius 3 is 2.43 bits per heavy atom. The second-order valence-electron chi connectivity index (χ2n) is 3.82. The topological polar surface area (TPSA) is 21.3 Å². The molecule has 14 heavy (non-hydrogen) atoms. The van der Waals surface area contributed by atoms with Gasteiger partial charge in [-0.15, -0.1) is 0 Å². The Kier molecular flexibility index (Phi) is 10.9. The summed E-state index contributed by atoms with van der Waals surface area (Å²) in [4.78, 5) is 0. The highest BCUT2D eigenvalue weighted by Crippen LogP contribution is 2.07. The minimum Gasteiger partial charge on any atom is -0.382 e. The zero-order valence-electron chi connectivity index (χ0n) is 10.1. The van der Waals surface area contributed by atoms with Gasteiger partial charge in [-0.25, -0.2) is 0 Å². The number of rotatable bonds is 10. The summed E-state index contributed by atoms with van der Waals surface area (Å²) in [6, 6.07) is 0.651. The van der Waals surface area contributed by atoms with Gasteiger partial charge in [0.1, 0.15) is 0 Å². The summed E-state index contributed by atoms with van der Waals surface area (Å²) in [5, 5.41) is 3.36. The predicted octanol–water partition coefficient (Wildman–Crippen LogP) is 2.97. The van der Waals surface area contributed by atoms with Crippen molar-refractivity contribution in [2.75, 3.05) is 20.3 Å². The molecule has 0 aliphatic rings. The maximum atomic E-state index is 5.35. The lowest BCUT2D eigenvalue weighted by atomic mass is 10.1. The zero-order valence-corrected chi connectivity index (χ0v) is 10.1. The first kappa shape index (κ1) is 13.9. The van der Waals surface area contributed by atoms with Crippen LogP contribution in [0.4, 0.5) is 0 Å². The summed E-state index contributed by atoms with van der Waals surface area (Å²) in [6.45, 7) is 6.04. The van der Waals surface area contributed by atoms with E-state index in [-0.39, 0.29) is 0 Å². The summed E-state index contributed by atoms with van der Waals surface area (Å²) >= 11 is 0. The van der Waals surface area contributed by atoms with E-state index >= 15 is 0 Å². The molecule has 2 nitrogen and oxygen atoms in total. The summed E-state index contributed by atoms with van der Waals surface area (Å²) in [6.07, 6.45) is 7.87. The van der Waals surface area contributed by atoms with Gasteiger partial charge in [0.15, 0.2) is 0 Å². The maximum Gasteiger partial charge on any atom is 0.0480 e. The molecule has 0 aromatic carbocycles. The largest absolute Gasteiger partial charge is 0.382 e. The molecule has 0 heterocycles. The van der Waals surface area contributed by atoms with Crippen molar-refractivity contribution >= 4 is 0 Å². The number of hydrogen-bond acceptors (Lipinski definition) is 2. The van der Waals surface area contributed by atoms with Crippen LogP contribution in [0.5, 0.6) is 0 Å². The Balaban J connectivity index is 3.28. The van der Waals surface area contributed by atoms with E-state index in [2.05, 4.69) is 26.2 Å². The molecule has 0 radical (unpaired) electrons. The molecular formula is C12H27NO. The molecule has 0 spiro atoms. The summed E-state index contributed by atoms with van der Waals surface area (Å²) in [7, 11) is 2.05. The fourth-order valence-corrected chi connectivity index (χ4v) is 1.62. The van der Waals surface area contributed by atoms with Gasteiger partial charge >= 0.3 is 0 Å². The molecule has 1 N–H and O–H groups in total. The van der Waals surface area contributed by atoms with Crippen molar-refractivity contribution in [2.24, 2.45) is 0 Å². The Labute approximate surface area is 89.4 Å². The van der Waals surface area contributed by atoms with Gasteiger partial charge in [0, 0.05) is 19.3 Å². The van der Waals surface area contributed by atoms with E-state index in [4.69, 9.17) is 4.74 Å². The van der Waals surface area contributed by atoms with E-state index < -0.39 is 0 Å². The maximum absolute atomic E-state index is 5.35. The Bertz CT molecular complexity index is 106. The van der Waals surface area contributed by atoms with Crippen LogP contribution in [0.2, 0.25) is 0 Å². The monoisotopic (exact) mass is 201 g/mol. The average molecular weight is 201 g/mol. The Morgan fingerprint density at radius 1 is 1.07 bits per heavy atom. The molecule has 0 aromatic heterocycles. The minimum atomic E-state index is 0.651. The van der Waals surface area contributed by atoms with Gasteiger partial charge < -0.3 is 10.1 Å². The number of nitrogens with one attached hydrogen (secondary N) is 1. The van der Waals surface area contributed by atoms with Gasteiger partial charge in [-0.05, 0) is 26.8 Å². The second kappa shape index (κ2) is 11.0. The smallest absolute Gasteiger partial charge is 0.0480 e. The van der Waals surface area contributed by atoms with Crippen LogP contribution in [0.1, 0.15) is 52.4 Å². The predicted molar refractivity (Wildman–Crippen MR) is 62.7 cm³/mol. The van der Waals surface area contributed by atoms with Crippen LogP contribution in [-0.4, -0.2) is 26.3 Å². The van der Waals surface area contributed by atoms with Gasteiger partial charge in [-0.3, -0.25) is 0 Å². The van der Waals surface area contributed by atoms with E-state index in [1.807, 2.05) is 0 Å². The Morgan fingerprint density at radius 2 is 1.86 bits per heavy atom. The molecule has 0 aromatic rings. The van der Waals surface area contributed by atoms with E-state index in [1.54, 1.807) is 0 Å². The number of unbranched alkanes of at least 4 members (excludes halogenated alkanes) is 3. The van der Waals surface area contributed by atoms with Gasteiger partial charge in [0.2, 0.25) is 0 Å². The lowest BCUT2D eigenvalue weighted by Gasteiger charge is -2.15. The summed E-state index contributed by atoms with van der Waals surface area (Å²) in [5.41, 5.74) is 0. The van der Waals surface area contributed by atoms with Crippen molar-refractivity contribution < 1.29 is 4.74 Å². The molecule has 86 valence electrons. The second-order valence-corrected chi connectivity index (χ2v) is 3.82. The first-order valence-corrected chi connectivity index (χ1v) is 6.10. The molecule has 0 amide bonds. The van der Waals surface area contributed by atoms with Crippen molar-refractivity contribution in [2.45, 2.75) is 58.4 Å². The standard InChI is InChI=1S/C12H27NO/c1-4-6-7-8-9-12(13-3)10-11-14-5-2/h12-13H,4-11H2,1-3H3. The third-order valence-electron chi connectivity index (χ3n) is 2.63. The number of ether oxygens (including phenoxy) is 1. The summed E-state index contributed by atoms with van der Waals surface area (Å²) < 4.78 is 5.35. The molecule has 0 saturated heterocycles. The van der Waals surface area contributed by atoms with E-state index in [0.29, 0.717) is 6.04 Å². The third kappa shape index (κ3) is 8.52. The van der Waals surface area contributed by atoms with Crippen molar-refractivity contribution in [3.63, 3.8) is 0 Å². The highest BCUT2D eigenvalue weighted by Gasteiger charge is 2.04. The lowest BCUT2D eigenvalue weighted by Crippen LogP contribution is -2.26. The van der Waals surface area contributed by atoms with Crippen LogP contribution in [0.3, 0.4) is 0 Å². The van der Waals surface area contributed by atoms with Crippen LogP contribution in [0.25, 0.3) is 0 Å². The first-order valence-electron chi connectivity index (χ1n) is 6.10. The first-order chi connectivity index (χ1) is 6.85. The molecule has 0 bridgehead atoms. The van der Waals surface area contributed by atoms with Crippen molar-refractivity contribution in [1.29, 1.82) is 0 Å². The molecule has 0 saturated carbocycles. The molecule has 2 heteroatoms. The van der Waals surface area contributed by atoms with Crippen molar-refractivity contribution in [3.05, 3.63) is 0 Å². The highest BCUT2D eigenvalue weighted by molar-refractivity contribution is 4.64. The van der Waals surface area contributed by atoms with Gasteiger partial charge in [0.05, 0.1) is 0 Å². The van der Waals surface area contributed by atoms with Gasteiger partial charge in [-0.2, -0.15) is 0 Å². The summed E-state index contributed by atoms with van der Waals surface area (Å²) in [5.74, 6) is 0. The molecule has 0 rings (SSSR count). The SMILES string of the molecule is CCCCCCC(CCOCC)NC. The van der Waals surface area contributed by atoms with Gasteiger partial charge in [-0.1, -0.05) is 32.6 Å². The number of hydrogen-bond donors (Lipinski definition) is 1. The molecule has 0 aliphatic heterocycles. The van der Waals surface area contributed by atoms with E-state index in [9.17, 15) is 0 Å². The van der Waals surface area contributed by atoms with Crippen LogP contribution in [0, 0.1) is 0 Å². The average Bonchev–Trinajstić information content (AvgIpc) is 2.22. The Hall–Kier alpha value is -0.0800. The minimum absolute atomic E-state index is 0.651. The lowest BCUT2D eigenvalue weighted by molar-refractivity contribution is 0.136. The zero-order chi connectivity index (χ0) is 10.6. The highest BCUT2D eigenvalue weighted by atomic mass is 16.5. The molecule has 0 aliphatic carbocycles. The molecular weight excluding hydrogens is 174 g/mol. The molecule has 0 fully saturated rings. The van der Waals surface area contributed by atoms with Gasteiger partial charge in [0.25, 0.3) is 0 Å². The van der Waals surface area contributed by atoms with Crippen LogP contribution < -0.4 is 5.32 Å². The van der Waals surface area contributed by atoms with Crippen LogP contribution in [0.15, 0.2) is 0 Å². The third-order valence-corrected chi connectivity index (χ3v) is 2.63. The molecule has 1 atom stereocenters.